The highest BCUT2D eigenvalue weighted by molar-refractivity contribution is 5.49. The van der Waals surface area contributed by atoms with Gasteiger partial charge in [0, 0.05) is 31.1 Å². The predicted molar refractivity (Wildman–Crippen MR) is 83.1 cm³/mol. The van der Waals surface area contributed by atoms with Crippen LogP contribution < -0.4 is 4.74 Å². The Hall–Kier alpha value is -1.87. The Morgan fingerprint density at radius 1 is 1.19 bits per heavy atom. The van der Waals surface area contributed by atoms with Crippen molar-refractivity contribution in [1.29, 1.82) is 0 Å². The van der Waals surface area contributed by atoms with Gasteiger partial charge in [0.1, 0.15) is 11.5 Å². The molecule has 2 aliphatic rings. The number of aryl methyl sites for hydroxylation is 1. The average molecular weight is 280 g/mol. The maximum atomic E-state index is 6.21. The molecular weight excluding hydrogens is 260 g/mol. The smallest absolute Gasteiger partial charge is 0.149 e. The van der Waals surface area contributed by atoms with Gasteiger partial charge in [0.25, 0.3) is 0 Å². The van der Waals surface area contributed by atoms with Crippen molar-refractivity contribution in [3.05, 3.63) is 53.3 Å². The van der Waals surface area contributed by atoms with E-state index in [0.717, 1.165) is 36.8 Å². The number of hydrogen-bond acceptors (Lipinski definition) is 3. The summed E-state index contributed by atoms with van der Waals surface area (Å²) < 4.78 is 6.21. The normalized spacial score (nSPS) is 23.7. The van der Waals surface area contributed by atoms with Crippen LogP contribution >= 0.6 is 0 Å². The van der Waals surface area contributed by atoms with E-state index in [1.165, 1.54) is 11.1 Å². The lowest BCUT2D eigenvalue weighted by Crippen LogP contribution is -2.20. The van der Waals surface area contributed by atoms with Gasteiger partial charge in [-0.1, -0.05) is 19.1 Å². The van der Waals surface area contributed by atoms with E-state index in [4.69, 9.17) is 4.74 Å². The second-order valence-corrected chi connectivity index (χ2v) is 6.10. The summed E-state index contributed by atoms with van der Waals surface area (Å²) in [5, 5.41) is 0. The SMILES string of the molecule is CCN1C[C@@H]2c3ncccc3Oc3cc(C)ccc3[C@@H]2C1. The standard InChI is InChI=1S/C18H20N2O/c1-3-20-10-14-13-7-6-12(2)9-17(13)21-16-5-4-8-19-18(16)15(14)11-20/h4-9,14-15H,3,10-11H2,1-2H3/t14-,15-/m0/s1. The lowest BCUT2D eigenvalue weighted by atomic mass is 9.86. The molecule has 0 radical (unpaired) electrons. The first-order chi connectivity index (χ1) is 10.3. The molecular formula is C18H20N2O. The molecule has 0 bridgehead atoms. The summed E-state index contributed by atoms with van der Waals surface area (Å²) in [6.07, 6.45) is 1.88. The van der Waals surface area contributed by atoms with Gasteiger partial charge in [-0.2, -0.15) is 0 Å². The van der Waals surface area contributed by atoms with Gasteiger partial charge in [0.2, 0.25) is 0 Å². The Kier molecular flexibility index (Phi) is 2.96. The Labute approximate surface area is 125 Å². The number of rotatable bonds is 1. The molecule has 1 aromatic carbocycles. The number of likely N-dealkylation sites (N-methyl/N-ethyl adjacent to an activating group) is 1. The van der Waals surface area contributed by atoms with Crippen LogP contribution in [0.3, 0.4) is 0 Å². The van der Waals surface area contributed by atoms with Gasteiger partial charge >= 0.3 is 0 Å². The van der Waals surface area contributed by atoms with Gasteiger partial charge < -0.3 is 9.64 Å². The first-order valence-corrected chi connectivity index (χ1v) is 7.72. The molecule has 3 heterocycles. The van der Waals surface area contributed by atoms with Crippen LogP contribution in [0.25, 0.3) is 0 Å². The molecule has 1 fully saturated rings. The molecule has 4 rings (SSSR count). The van der Waals surface area contributed by atoms with Gasteiger partial charge in [-0.05, 0) is 42.8 Å². The molecule has 2 aromatic rings. The van der Waals surface area contributed by atoms with E-state index < -0.39 is 0 Å². The zero-order chi connectivity index (χ0) is 14.4. The fraction of sp³-hybridized carbons (Fsp3) is 0.389. The van der Waals surface area contributed by atoms with Crippen molar-refractivity contribution in [1.82, 2.24) is 9.88 Å². The summed E-state index contributed by atoms with van der Waals surface area (Å²) in [6.45, 7) is 7.61. The number of likely N-dealkylation sites (tertiary alicyclic amines) is 1. The van der Waals surface area contributed by atoms with E-state index in [2.05, 4.69) is 41.9 Å². The fourth-order valence-corrected chi connectivity index (χ4v) is 3.66. The lowest BCUT2D eigenvalue weighted by molar-refractivity contribution is 0.347. The summed E-state index contributed by atoms with van der Waals surface area (Å²) in [4.78, 5) is 7.16. The third kappa shape index (κ3) is 2.04. The molecule has 2 aliphatic heterocycles. The van der Waals surface area contributed by atoms with Crippen LogP contribution in [0, 0.1) is 6.92 Å². The first kappa shape index (κ1) is 12.8. The molecule has 0 N–H and O–H groups in total. The van der Waals surface area contributed by atoms with Crippen LogP contribution in [0.2, 0.25) is 0 Å². The molecule has 0 saturated carbocycles. The molecule has 2 atom stereocenters. The summed E-state index contributed by atoms with van der Waals surface area (Å²) >= 11 is 0. The number of fused-ring (bicyclic) bond motifs is 5. The van der Waals surface area contributed by atoms with Gasteiger partial charge in [-0.15, -0.1) is 0 Å². The minimum atomic E-state index is 0.435. The molecule has 1 aromatic heterocycles. The molecule has 3 heteroatoms. The first-order valence-electron chi connectivity index (χ1n) is 7.72. The Bertz CT molecular complexity index is 683. The van der Waals surface area contributed by atoms with Crippen molar-refractivity contribution in [2.75, 3.05) is 19.6 Å². The highest BCUT2D eigenvalue weighted by Gasteiger charge is 2.40. The molecule has 108 valence electrons. The minimum absolute atomic E-state index is 0.435. The lowest BCUT2D eigenvalue weighted by Gasteiger charge is -2.16. The van der Waals surface area contributed by atoms with Crippen molar-refractivity contribution in [3.63, 3.8) is 0 Å². The van der Waals surface area contributed by atoms with Gasteiger partial charge in [-0.25, -0.2) is 0 Å². The Morgan fingerprint density at radius 3 is 2.90 bits per heavy atom. The van der Waals surface area contributed by atoms with Crippen molar-refractivity contribution >= 4 is 0 Å². The highest BCUT2D eigenvalue weighted by atomic mass is 16.5. The highest BCUT2D eigenvalue weighted by Crippen LogP contribution is 2.48. The van der Waals surface area contributed by atoms with Crippen molar-refractivity contribution in [2.45, 2.75) is 25.7 Å². The third-order valence-electron chi connectivity index (χ3n) is 4.78. The summed E-state index contributed by atoms with van der Waals surface area (Å²) in [5.41, 5.74) is 3.69. The maximum absolute atomic E-state index is 6.21. The Balaban J connectivity index is 1.89. The zero-order valence-electron chi connectivity index (χ0n) is 12.5. The second-order valence-electron chi connectivity index (χ2n) is 6.10. The van der Waals surface area contributed by atoms with Gasteiger partial charge in [-0.3, -0.25) is 4.98 Å². The molecule has 0 amide bonds. The van der Waals surface area contributed by atoms with Crippen LogP contribution in [0.5, 0.6) is 11.5 Å². The molecule has 21 heavy (non-hydrogen) atoms. The number of pyridine rings is 1. The fourth-order valence-electron chi connectivity index (χ4n) is 3.66. The van der Waals surface area contributed by atoms with E-state index in [9.17, 15) is 0 Å². The number of aromatic nitrogens is 1. The molecule has 3 nitrogen and oxygen atoms in total. The molecule has 1 saturated heterocycles. The van der Waals surface area contributed by atoms with Crippen molar-refractivity contribution in [3.8, 4) is 11.5 Å². The van der Waals surface area contributed by atoms with Crippen LogP contribution in [-0.2, 0) is 0 Å². The molecule has 0 unspecified atom stereocenters. The Morgan fingerprint density at radius 2 is 2.05 bits per heavy atom. The van der Waals surface area contributed by atoms with Gasteiger partial charge in [0.05, 0.1) is 5.69 Å². The monoisotopic (exact) mass is 280 g/mol. The predicted octanol–water partition coefficient (Wildman–Crippen LogP) is 3.70. The van der Waals surface area contributed by atoms with E-state index in [1.807, 2.05) is 18.3 Å². The third-order valence-corrected chi connectivity index (χ3v) is 4.78. The number of ether oxygens (including phenoxy) is 1. The average Bonchev–Trinajstić information content (AvgIpc) is 2.87. The minimum Gasteiger partial charge on any atom is -0.455 e. The zero-order valence-corrected chi connectivity index (χ0v) is 12.5. The van der Waals surface area contributed by atoms with Crippen LogP contribution in [0.4, 0.5) is 0 Å². The maximum Gasteiger partial charge on any atom is 0.149 e. The van der Waals surface area contributed by atoms with Crippen LogP contribution in [-0.4, -0.2) is 29.5 Å². The number of nitrogens with zero attached hydrogens (tertiary/aromatic N) is 2. The van der Waals surface area contributed by atoms with E-state index in [1.54, 1.807) is 0 Å². The largest absolute Gasteiger partial charge is 0.455 e. The van der Waals surface area contributed by atoms with E-state index in [-0.39, 0.29) is 0 Å². The quantitative estimate of drug-likeness (QED) is 0.796. The van der Waals surface area contributed by atoms with Crippen LogP contribution in [0.1, 0.15) is 35.6 Å². The van der Waals surface area contributed by atoms with Crippen LogP contribution in [0.15, 0.2) is 36.5 Å². The number of benzene rings is 1. The van der Waals surface area contributed by atoms with Crippen molar-refractivity contribution in [2.24, 2.45) is 0 Å². The molecule has 0 spiro atoms. The summed E-state index contributed by atoms with van der Waals surface area (Å²) in [6, 6.07) is 10.6. The van der Waals surface area contributed by atoms with Crippen molar-refractivity contribution < 1.29 is 4.74 Å². The van der Waals surface area contributed by atoms with Gasteiger partial charge in [0.15, 0.2) is 0 Å². The molecule has 0 aliphatic carbocycles. The van der Waals surface area contributed by atoms with E-state index in [0.29, 0.717) is 11.8 Å². The summed E-state index contributed by atoms with van der Waals surface area (Å²) in [7, 11) is 0. The number of hydrogen-bond donors (Lipinski definition) is 0. The second kappa shape index (κ2) is 4.85. The summed E-state index contributed by atoms with van der Waals surface area (Å²) in [5.74, 6) is 2.85. The van der Waals surface area contributed by atoms with E-state index >= 15 is 0 Å². The topological polar surface area (TPSA) is 25.4 Å².